The lowest BCUT2D eigenvalue weighted by Crippen LogP contribution is -2.40. The zero-order valence-electron chi connectivity index (χ0n) is 11.9. The highest BCUT2D eigenvalue weighted by Crippen LogP contribution is 2.18. The number of carbonyl (C=O) groups excluding carboxylic acids is 1. The number of carbonyl (C=O) groups is 1. The van der Waals surface area contributed by atoms with E-state index >= 15 is 0 Å². The van der Waals surface area contributed by atoms with Crippen LogP contribution in [0.15, 0.2) is 24.3 Å². The molecule has 1 aromatic rings. The van der Waals surface area contributed by atoms with Gasteiger partial charge in [0.25, 0.3) is 0 Å². The quantitative estimate of drug-likeness (QED) is 0.805. The van der Waals surface area contributed by atoms with Gasteiger partial charge in [-0.25, -0.2) is 4.39 Å². The average molecular weight is 267 g/mol. The average Bonchev–Trinajstić information content (AvgIpc) is 2.36. The van der Waals surface area contributed by atoms with Gasteiger partial charge in [0.2, 0.25) is 0 Å². The summed E-state index contributed by atoms with van der Waals surface area (Å²) < 4.78 is 18.5. The molecule has 0 heterocycles. The van der Waals surface area contributed by atoms with Gasteiger partial charge in [-0.3, -0.25) is 10.1 Å². The number of esters is 1. The maximum atomic E-state index is 13.7. The molecule has 1 N–H and O–H groups in total. The summed E-state index contributed by atoms with van der Waals surface area (Å²) in [7, 11) is 1.37. The Bertz CT molecular complexity index is 420. The topological polar surface area (TPSA) is 38.3 Å². The Morgan fingerprint density at radius 1 is 1.32 bits per heavy atom. The van der Waals surface area contributed by atoms with Crippen LogP contribution in [0, 0.1) is 11.7 Å². The summed E-state index contributed by atoms with van der Waals surface area (Å²) >= 11 is 0. The van der Waals surface area contributed by atoms with Crippen molar-refractivity contribution in [3.8, 4) is 0 Å². The number of ether oxygens (including phenoxy) is 1. The predicted molar refractivity (Wildman–Crippen MR) is 73.2 cm³/mol. The van der Waals surface area contributed by atoms with Crippen LogP contribution in [0.25, 0.3) is 0 Å². The molecule has 1 rings (SSSR count). The molecule has 2 atom stereocenters. The molecule has 3 nitrogen and oxygen atoms in total. The van der Waals surface area contributed by atoms with E-state index < -0.39 is 6.04 Å². The molecule has 2 unspecified atom stereocenters. The number of rotatable bonds is 6. The monoisotopic (exact) mass is 267 g/mol. The van der Waals surface area contributed by atoms with Crippen molar-refractivity contribution in [1.29, 1.82) is 0 Å². The molecule has 0 saturated carbocycles. The summed E-state index contributed by atoms with van der Waals surface area (Å²) in [6, 6.07) is 5.91. The third-order valence-corrected chi connectivity index (χ3v) is 3.02. The van der Waals surface area contributed by atoms with Gasteiger partial charge in [-0.2, -0.15) is 0 Å². The van der Waals surface area contributed by atoms with Crippen LogP contribution in [0.2, 0.25) is 0 Å². The molecule has 0 fully saturated rings. The lowest BCUT2D eigenvalue weighted by Gasteiger charge is -2.23. The largest absolute Gasteiger partial charge is 0.468 e. The van der Waals surface area contributed by atoms with E-state index in [2.05, 4.69) is 5.32 Å². The first kappa shape index (κ1) is 15.6. The third kappa shape index (κ3) is 4.63. The number of halogens is 1. The molecule has 0 saturated heterocycles. The molecule has 0 bridgehead atoms. The Balaban J connectivity index is 2.78. The van der Waals surface area contributed by atoms with Crippen molar-refractivity contribution < 1.29 is 13.9 Å². The Kier molecular flexibility index (Phi) is 5.96. The van der Waals surface area contributed by atoms with Gasteiger partial charge in [-0.05, 0) is 25.3 Å². The van der Waals surface area contributed by atoms with Crippen molar-refractivity contribution in [1.82, 2.24) is 5.32 Å². The summed E-state index contributed by atoms with van der Waals surface area (Å²) in [5, 5.41) is 3.14. The van der Waals surface area contributed by atoms with Gasteiger partial charge >= 0.3 is 5.97 Å². The van der Waals surface area contributed by atoms with Gasteiger partial charge in [0.1, 0.15) is 11.9 Å². The second-order valence-electron chi connectivity index (χ2n) is 5.12. The Morgan fingerprint density at radius 2 is 1.95 bits per heavy atom. The molecule has 0 radical (unpaired) electrons. The lowest BCUT2D eigenvalue weighted by atomic mass is 10.0. The summed E-state index contributed by atoms with van der Waals surface area (Å²) in [5.41, 5.74) is 0.556. The summed E-state index contributed by atoms with van der Waals surface area (Å²) in [6.45, 7) is 5.91. The summed E-state index contributed by atoms with van der Waals surface area (Å²) in [4.78, 5) is 11.7. The second kappa shape index (κ2) is 7.24. The van der Waals surface area contributed by atoms with E-state index in [0.717, 1.165) is 0 Å². The zero-order chi connectivity index (χ0) is 14.4. The first-order valence-electron chi connectivity index (χ1n) is 6.54. The molecule has 0 aliphatic rings. The molecule has 1 aromatic carbocycles. The van der Waals surface area contributed by atoms with Gasteiger partial charge in [-0.1, -0.05) is 32.0 Å². The fourth-order valence-electron chi connectivity index (χ4n) is 2.06. The predicted octanol–water partition coefficient (Wildman–Crippen LogP) is 3.06. The van der Waals surface area contributed by atoms with Gasteiger partial charge in [0.15, 0.2) is 0 Å². The van der Waals surface area contributed by atoms with E-state index in [1.54, 1.807) is 18.2 Å². The van der Waals surface area contributed by atoms with Gasteiger partial charge < -0.3 is 4.74 Å². The lowest BCUT2D eigenvalue weighted by molar-refractivity contribution is -0.143. The van der Waals surface area contributed by atoms with E-state index in [-0.39, 0.29) is 17.8 Å². The highest BCUT2D eigenvalue weighted by atomic mass is 19.1. The van der Waals surface area contributed by atoms with Crippen LogP contribution in [-0.4, -0.2) is 19.1 Å². The number of hydrogen-bond acceptors (Lipinski definition) is 3. The number of benzene rings is 1. The minimum atomic E-state index is -0.417. The molecule has 0 aliphatic heterocycles. The van der Waals surface area contributed by atoms with Crippen molar-refractivity contribution in [3.05, 3.63) is 35.6 Å². The van der Waals surface area contributed by atoms with Gasteiger partial charge in [0.05, 0.1) is 7.11 Å². The molecule has 106 valence electrons. The van der Waals surface area contributed by atoms with E-state index in [0.29, 0.717) is 17.9 Å². The van der Waals surface area contributed by atoms with Crippen LogP contribution in [0.3, 0.4) is 0 Å². The normalized spacial score (nSPS) is 14.2. The first-order valence-corrected chi connectivity index (χ1v) is 6.54. The van der Waals surface area contributed by atoms with Crippen LogP contribution < -0.4 is 5.32 Å². The summed E-state index contributed by atoms with van der Waals surface area (Å²) in [5.74, 6) is -0.225. The zero-order valence-corrected chi connectivity index (χ0v) is 11.9. The number of nitrogens with one attached hydrogen (secondary N) is 1. The SMILES string of the molecule is COC(=O)C(CC(C)C)NC(C)c1ccccc1F. The standard InChI is InChI=1S/C15H22FNO2/c1-10(2)9-14(15(18)19-4)17-11(3)12-7-5-6-8-13(12)16/h5-8,10-11,14,17H,9H2,1-4H3. The Hall–Kier alpha value is -1.42. The van der Waals surface area contributed by atoms with E-state index in [9.17, 15) is 9.18 Å². The molecule has 0 spiro atoms. The molecule has 0 aliphatic carbocycles. The molecule has 0 aromatic heterocycles. The highest BCUT2D eigenvalue weighted by Gasteiger charge is 2.23. The maximum Gasteiger partial charge on any atom is 0.322 e. The van der Waals surface area contributed by atoms with Gasteiger partial charge in [0, 0.05) is 11.6 Å². The van der Waals surface area contributed by atoms with Crippen LogP contribution >= 0.6 is 0 Å². The highest BCUT2D eigenvalue weighted by molar-refractivity contribution is 5.75. The minimum Gasteiger partial charge on any atom is -0.468 e. The fraction of sp³-hybridized carbons (Fsp3) is 0.533. The number of hydrogen-bond donors (Lipinski definition) is 1. The van der Waals surface area contributed by atoms with Crippen molar-refractivity contribution in [2.75, 3.05) is 7.11 Å². The van der Waals surface area contributed by atoms with Crippen LogP contribution in [0.1, 0.15) is 38.8 Å². The van der Waals surface area contributed by atoms with Crippen molar-refractivity contribution in [2.24, 2.45) is 5.92 Å². The Morgan fingerprint density at radius 3 is 2.47 bits per heavy atom. The summed E-state index contributed by atoms with van der Waals surface area (Å²) in [6.07, 6.45) is 0.658. The molecular weight excluding hydrogens is 245 g/mol. The van der Waals surface area contributed by atoms with E-state index in [1.807, 2.05) is 20.8 Å². The first-order chi connectivity index (χ1) is 8.95. The van der Waals surface area contributed by atoms with E-state index in [1.165, 1.54) is 13.2 Å². The van der Waals surface area contributed by atoms with E-state index in [4.69, 9.17) is 4.74 Å². The van der Waals surface area contributed by atoms with Crippen LogP contribution in [0.4, 0.5) is 4.39 Å². The third-order valence-electron chi connectivity index (χ3n) is 3.02. The molecule has 19 heavy (non-hydrogen) atoms. The smallest absolute Gasteiger partial charge is 0.322 e. The second-order valence-corrected chi connectivity index (χ2v) is 5.12. The van der Waals surface area contributed by atoms with Crippen molar-refractivity contribution >= 4 is 5.97 Å². The maximum absolute atomic E-state index is 13.7. The molecule has 4 heteroatoms. The molecule has 0 amide bonds. The minimum absolute atomic E-state index is 0.246. The molecular formula is C15H22FNO2. The van der Waals surface area contributed by atoms with Gasteiger partial charge in [-0.15, -0.1) is 0 Å². The van der Waals surface area contributed by atoms with Crippen LogP contribution in [-0.2, 0) is 9.53 Å². The van der Waals surface area contributed by atoms with Crippen molar-refractivity contribution in [3.63, 3.8) is 0 Å². The van der Waals surface area contributed by atoms with Crippen LogP contribution in [0.5, 0.6) is 0 Å². The fourth-order valence-corrected chi connectivity index (χ4v) is 2.06. The Labute approximate surface area is 114 Å². The van der Waals surface area contributed by atoms with Crippen molar-refractivity contribution in [2.45, 2.75) is 39.3 Å². The number of methoxy groups -OCH3 is 1.